The number of esters is 1. The van der Waals surface area contributed by atoms with E-state index in [1.165, 1.54) is 0 Å². The molecule has 0 heterocycles. The number of ether oxygens (including phenoxy) is 2. The van der Waals surface area contributed by atoms with Crippen molar-refractivity contribution in [3.05, 3.63) is 65.7 Å². The van der Waals surface area contributed by atoms with Crippen LogP contribution in [0.5, 0.6) is 5.75 Å². The highest BCUT2D eigenvalue weighted by atomic mass is 16.5. The van der Waals surface area contributed by atoms with Gasteiger partial charge in [0.2, 0.25) is 0 Å². The Morgan fingerprint density at radius 2 is 1.83 bits per heavy atom. The van der Waals surface area contributed by atoms with Gasteiger partial charge in [-0.2, -0.15) is 0 Å². The number of hydrogen-bond acceptors (Lipinski definition) is 5. The van der Waals surface area contributed by atoms with E-state index in [0.717, 1.165) is 5.56 Å². The van der Waals surface area contributed by atoms with Crippen LogP contribution in [0, 0.1) is 0 Å². The maximum Gasteiger partial charge on any atom is 0.338 e. The van der Waals surface area contributed by atoms with E-state index in [1.54, 1.807) is 31.2 Å². The quantitative estimate of drug-likeness (QED) is 0.766. The van der Waals surface area contributed by atoms with Crippen molar-refractivity contribution in [2.75, 3.05) is 6.61 Å². The minimum Gasteiger partial charge on any atom is -0.489 e. The molecule has 0 aliphatic heterocycles. The van der Waals surface area contributed by atoms with Crippen LogP contribution in [0.2, 0.25) is 0 Å². The summed E-state index contributed by atoms with van der Waals surface area (Å²) in [5.74, 6) is -0.308. The Hall–Kier alpha value is -2.37. The fourth-order valence-electron chi connectivity index (χ4n) is 2.07. The molecule has 2 unspecified atom stereocenters. The van der Waals surface area contributed by atoms with Crippen molar-refractivity contribution in [3.63, 3.8) is 0 Å². The van der Waals surface area contributed by atoms with E-state index in [4.69, 9.17) is 9.47 Å². The molecule has 2 rings (SSSR count). The summed E-state index contributed by atoms with van der Waals surface area (Å²) in [5, 5.41) is 19.9. The van der Waals surface area contributed by atoms with Crippen LogP contribution in [0.15, 0.2) is 54.6 Å². The molecule has 5 heteroatoms. The third-order valence-electron chi connectivity index (χ3n) is 3.28. The smallest absolute Gasteiger partial charge is 0.338 e. The van der Waals surface area contributed by atoms with Gasteiger partial charge in [-0.15, -0.1) is 0 Å². The molecule has 0 aliphatic rings. The third kappa shape index (κ3) is 4.81. The average Bonchev–Trinajstić information content (AvgIpc) is 2.60. The molecule has 0 fully saturated rings. The number of aliphatic hydroxyl groups excluding tert-OH is 2. The average molecular weight is 316 g/mol. The van der Waals surface area contributed by atoms with Crippen LogP contribution in [0.4, 0.5) is 0 Å². The topological polar surface area (TPSA) is 76.0 Å². The van der Waals surface area contributed by atoms with E-state index in [0.29, 0.717) is 17.9 Å². The summed E-state index contributed by atoms with van der Waals surface area (Å²) in [6, 6.07) is 16.3. The second-order valence-electron chi connectivity index (χ2n) is 4.99. The van der Waals surface area contributed by atoms with E-state index < -0.39 is 18.2 Å². The fourth-order valence-corrected chi connectivity index (χ4v) is 2.07. The molecule has 0 saturated heterocycles. The lowest BCUT2D eigenvalue weighted by Crippen LogP contribution is -2.29. The molecule has 2 aromatic rings. The first kappa shape index (κ1) is 17.0. The van der Waals surface area contributed by atoms with Crippen molar-refractivity contribution in [1.29, 1.82) is 0 Å². The Balaban J connectivity index is 2.02. The molecule has 0 saturated carbocycles. The van der Waals surface area contributed by atoms with Crippen molar-refractivity contribution >= 4 is 5.97 Å². The van der Waals surface area contributed by atoms with Crippen LogP contribution in [0.25, 0.3) is 0 Å². The molecule has 122 valence electrons. The monoisotopic (exact) mass is 316 g/mol. The van der Waals surface area contributed by atoms with Gasteiger partial charge in [0.05, 0.1) is 6.61 Å². The van der Waals surface area contributed by atoms with Crippen molar-refractivity contribution in [2.45, 2.75) is 25.7 Å². The van der Waals surface area contributed by atoms with Crippen LogP contribution in [0.3, 0.4) is 0 Å². The summed E-state index contributed by atoms with van der Waals surface area (Å²) in [6.07, 6.45) is -2.99. The van der Waals surface area contributed by atoms with Gasteiger partial charge in [0.1, 0.15) is 18.5 Å². The zero-order valence-corrected chi connectivity index (χ0v) is 12.9. The van der Waals surface area contributed by atoms with E-state index >= 15 is 0 Å². The van der Waals surface area contributed by atoms with Crippen LogP contribution in [-0.4, -0.2) is 28.9 Å². The number of benzene rings is 2. The summed E-state index contributed by atoms with van der Waals surface area (Å²) < 4.78 is 10.4. The van der Waals surface area contributed by atoms with Crippen molar-refractivity contribution in [3.8, 4) is 5.75 Å². The molecule has 0 spiro atoms. The zero-order valence-electron chi connectivity index (χ0n) is 12.9. The highest BCUT2D eigenvalue weighted by molar-refractivity contribution is 5.75. The lowest BCUT2D eigenvalue weighted by Gasteiger charge is -2.17. The molecule has 0 bridgehead atoms. The minimum atomic E-state index is -1.63. The van der Waals surface area contributed by atoms with Gasteiger partial charge in [0, 0.05) is 0 Å². The standard InChI is InChI=1S/C18H20O5/c1-2-22-18(21)17(20)16(19)14-9-6-10-15(11-14)23-12-13-7-4-3-5-8-13/h3-11,16-17,19-20H,2,12H2,1H3. The maximum absolute atomic E-state index is 11.5. The first-order chi connectivity index (χ1) is 11.1. The second-order valence-corrected chi connectivity index (χ2v) is 4.99. The molecule has 2 aromatic carbocycles. The number of carbonyl (C=O) groups excluding carboxylic acids is 1. The molecule has 0 aliphatic carbocycles. The molecule has 2 N–H and O–H groups in total. The number of carbonyl (C=O) groups is 1. The molecule has 23 heavy (non-hydrogen) atoms. The van der Waals surface area contributed by atoms with Gasteiger partial charge in [-0.1, -0.05) is 42.5 Å². The highest BCUT2D eigenvalue weighted by Gasteiger charge is 2.27. The van der Waals surface area contributed by atoms with Crippen LogP contribution >= 0.6 is 0 Å². The number of rotatable bonds is 7. The van der Waals surface area contributed by atoms with E-state index in [-0.39, 0.29) is 6.61 Å². The summed E-state index contributed by atoms with van der Waals surface area (Å²) in [7, 11) is 0. The zero-order chi connectivity index (χ0) is 16.7. The molecule has 2 atom stereocenters. The van der Waals surface area contributed by atoms with E-state index in [1.807, 2.05) is 30.3 Å². The van der Waals surface area contributed by atoms with Gasteiger partial charge in [-0.3, -0.25) is 0 Å². The van der Waals surface area contributed by atoms with Gasteiger partial charge in [-0.25, -0.2) is 4.79 Å². The minimum absolute atomic E-state index is 0.142. The van der Waals surface area contributed by atoms with Gasteiger partial charge in [-0.05, 0) is 30.2 Å². The van der Waals surface area contributed by atoms with E-state index in [2.05, 4.69) is 0 Å². The Kier molecular flexibility index (Phi) is 6.14. The lowest BCUT2D eigenvalue weighted by atomic mass is 10.0. The molecule has 0 amide bonds. The summed E-state index contributed by atoms with van der Waals surface area (Å²) in [4.78, 5) is 11.5. The fraction of sp³-hybridized carbons (Fsp3) is 0.278. The molecule has 0 radical (unpaired) electrons. The molecule has 5 nitrogen and oxygen atoms in total. The second kappa shape index (κ2) is 8.31. The highest BCUT2D eigenvalue weighted by Crippen LogP contribution is 2.23. The Bertz CT molecular complexity index is 626. The van der Waals surface area contributed by atoms with Crippen molar-refractivity contribution in [2.24, 2.45) is 0 Å². The van der Waals surface area contributed by atoms with Crippen LogP contribution < -0.4 is 4.74 Å². The SMILES string of the molecule is CCOC(=O)C(O)C(O)c1cccc(OCc2ccccc2)c1. The normalized spacial score (nSPS) is 13.2. The molecule has 0 aromatic heterocycles. The summed E-state index contributed by atoms with van der Waals surface area (Å²) in [6.45, 7) is 2.17. The predicted octanol–water partition coefficient (Wildman–Crippen LogP) is 2.22. The number of aliphatic hydroxyl groups is 2. The Labute approximate surface area is 135 Å². The Morgan fingerprint density at radius 1 is 1.09 bits per heavy atom. The van der Waals surface area contributed by atoms with Crippen LogP contribution in [-0.2, 0) is 16.1 Å². The Morgan fingerprint density at radius 3 is 2.52 bits per heavy atom. The first-order valence-electron chi connectivity index (χ1n) is 7.41. The van der Waals surface area contributed by atoms with Crippen molar-refractivity contribution < 1.29 is 24.5 Å². The number of hydrogen-bond donors (Lipinski definition) is 2. The first-order valence-corrected chi connectivity index (χ1v) is 7.41. The molecular formula is C18H20O5. The summed E-state index contributed by atoms with van der Waals surface area (Å²) >= 11 is 0. The van der Waals surface area contributed by atoms with Gasteiger partial charge in [0.15, 0.2) is 6.10 Å². The van der Waals surface area contributed by atoms with Gasteiger partial charge >= 0.3 is 5.97 Å². The summed E-state index contributed by atoms with van der Waals surface area (Å²) in [5.41, 5.74) is 1.40. The van der Waals surface area contributed by atoms with Gasteiger partial charge in [0.25, 0.3) is 0 Å². The van der Waals surface area contributed by atoms with Gasteiger partial charge < -0.3 is 19.7 Å². The van der Waals surface area contributed by atoms with E-state index in [9.17, 15) is 15.0 Å². The van der Waals surface area contributed by atoms with Crippen LogP contribution in [0.1, 0.15) is 24.2 Å². The molecular weight excluding hydrogens is 296 g/mol. The third-order valence-corrected chi connectivity index (χ3v) is 3.28. The predicted molar refractivity (Wildman–Crippen MR) is 84.8 cm³/mol. The maximum atomic E-state index is 11.5. The lowest BCUT2D eigenvalue weighted by molar-refractivity contribution is -0.159. The van der Waals surface area contributed by atoms with Crippen molar-refractivity contribution in [1.82, 2.24) is 0 Å². The largest absolute Gasteiger partial charge is 0.489 e.